The Morgan fingerprint density at radius 1 is 1.17 bits per heavy atom. The van der Waals surface area contributed by atoms with E-state index in [0.29, 0.717) is 26.3 Å². The number of nitrogens with zero attached hydrogens (tertiary/aromatic N) is 1. The first-order valence-corrected chi connectivity index (χ1v) is 8.13. The number of morpholine rings is 1. The number of carbonyl (C=O) groups is 1. The summed E-state index contributed by atoms with van der Waals surface area (Å²) in [5.41, 5.74) is 0.851. The average Bonchev–Trinajstić information content (AvgIpc) is 2.53. The third-order valence-electron chi connectivity index (χ3n) is 4.03. The highest BCUT2D eigenvalue weighted by Gasteiger charge is 2.28. The van der Waals surface area contributed by atoms with Gasteiger partial charge >= 0.3 is 0 Å². The van der Waals surface area contributed by atoms with Crippen LogP contribution in [0.15, 0.2) is 18.2 Å². The summed E-state index contributed by atoms with van der Waals surface area (Å²) in [7, 11) is 0. The van der Waals surface area contributed by atoms with Gasteiger partial charge in [-0.1, -0.05) is 0 Å². The van der Waals surface area contributed by atoms with E-state index in [9.17, 15) is 4.79 Å². The Kier molecular flexibility index (Phi) is 4.61. The molecule has 0 unspecified atom stereocenters. The van der Waals surface area contributed by atoms with E-state index in [1.807, 2.05) is 43.9 Å². The zero-order valence-electron chi connectivity index (χ0n) is 13.9. The van der Waals surface area contributed by atoms with Crippen molar-refractivity contribution in [2.75, 3.05) is 31.6 Å². The molecule has 0 saturated carbocycles. The van der Waals surface area contributed by atoms with Crippen LogP contribution in [0.1, 0.15) is 20.8 Å². The van der Waals surface area contributed by atoms with Crippen molar-refractivity contribution in [1.82, 2.24) is 4.90 Å². The summed E-state index contributed by atoms with van der Waals surface area (Å²) >= 11 is 0. The molecule has 126 valence electrons. The zero-order chi connectivity index (χ0) is 16.4. The standard InChI is InChI=1S/C17H24N2O4/c1-11-9-19(10-12(2)23-11)17(20)13(3)18-14-4-5-15-16(8-14)22-7-6-21-15/h4-5,8,11-13,18H,6-7,9-10H2,1-3H3/t11-,12-,13-/m1/s1. The fraction of sp³-hybridized carbons (Fsp3) is 0.588. The predicted octanol–water partition coefficient (Wildman–Crippen LogP) is 1.89. The lowest BCUT2D eigenvalue weighted by molar-refractivity contribution is -0.143. The largest absolute Gasteiger partial charge is 0.486 e. The molecule has 1 saturated heterocycles. The number of anilines is 1. The molecule has 1 N–H and O–H groups in total. The molecule has 2 aliphatic rings. The summed E-state index contributed by atoms with van der Waals surface area (Å²) in [6.45, 7) is 8.26. The van der Waals surface area contributed by atoms with Gasteiger partial charge in [-0.2, -0.15) is 0 Å². The van der Waals surface area contributed by atoms with Gasteiger partial charge in [-0.15, -0.1) is 0 Å². The molecule has 1 aromatic rings. The van der Waals surface area contributed by atoms with Crippen molar-refractivity contribution >= 4 is 11.6 Å². The van der Waals surface area contributed by atoms with E-state index >= 15 is 0 Å². The fourth-order valence-corrected chi connectivity index (χ4v) is 3.08. The van der Waals surface area contributed by atoms with Crippen molar-refractivity contribution in [2.45, 2.75) is 39.0 Å². The van der Waals surface area contributed by atoms with E-state index in [1.165, 1.54) is 0 Å². The van der Waals surface area contributed by atoms with Crippen molar-refractivity contribution < 1.29 is 19.0 Å². The highest BCUT2D eigenvalue weighted by atomic mass is 16.6. The maximum absolute atomic E-state index is 12.6. The zero-order valence-corrected chi connectivity index (χ0v) is 13.9. The second-order valence-electron chi connectivity index (χ2n) is 6.23. The highest BCUT2D eigenvalue weighted by molar-refractivity contribution is 5.84. The average molecular weight is 320 g/mol. The number of ether oxygens (including phenoxy) is 3. The SMILES string of the molecule is C[C@@H]1CN(C(=O)[C@@H](C)Nc2ccc3c(c2)OCCO3)C[C@@H](C)O1. The summed E-state index contributed by atoms with van der Waals surface area (Å²) in [5, 5.41) is 3.25. The first-order valence-electron chi connectivity index (χ1n) is 8.13. The molecule has 6 nitrogen and oxygen atoms in total. The summed E-state index contributed by atoms with van der Waals surface area (Å²) in [6.07, 6.45) is 0.147. The molecular formula is C17H24N2O4. The van der Waals surface area contributed by atoms with E-state index in [0.717, 1.165) is 17.2 Å². The molecule has 2 aliphatic heterocycles. The number of hydrogen-bond acceptors (Lipinski definition) is 5. The minimum atomic E-state index is -0.310. The van der Waals surface area contributed by atoms with Crippen LogP contribution < -0.4 is 14.8 Å². The first-order chi connectivity index (χ1) is 11.0. The molecule has 1 aromatic carbocycles. The third kappa shape index (κ3) is 3.69. The van der Waals surface area contributed by atoms with Gasteiger partial charge in [-0.05, 0) is 32.9 Å². The number of amides is 1. The van der Waals surface area contributed by atoms with E-state index in [1.54, 1.807) is 0 Å². The van der Waals surface area contributed by atoms with Crippen molar-refractivity contribution in [1.29, 1.82) is 0 Å². The van der Waals surface area contributed by atoms with Crippen LogP contribution in [0.5, 0.6) is 11.5 Å². The van der Waals surface area contributed by atoms with Crippen molar-refractivity contribution in [2.24, 2.45) is 0 Å². The molecule has 23 heavy (non-hydrogen) atoms. The van der Waals surface area contributed by atoms with E-state index in [4.69, 9.17) is 14.2 Å². The Morgan fingerprint density at radius 2 is 1.83 bits per heavy atom. The predicted molar refractivity (Wildman–Crippen MR) is 87.1 cm³/mol. The maximum Gasteiger partial charge on any atom is 0.244 e. The lowest BCUT2D eigenvalue weighted by Crippen LogP contribution is -2.52. The summed E-state index contributed by atoms with van der Waals surface area (Å²) in [5.74, 6) is 1.55. The molecule has 2 heterocycles. The van der Waals surface area contributed by atoms with Gasteiger partial charge < -0.3 is 24.4 Å². The minimum absolute atomic E-state index is 0.0733. The van der Waals surface area contributed by atoms with Gasteiger partial charge in [0.2, 0.25) is 5.91 Å². The monoisotopic (exact) mass is 320 g/mol. The molecule has 0 aromatic heterocycles. The number of benzene rings is 1. The van der Waals surface area contributed by atoms with Gasteiger partial charge in [0.05, 0.1) is 12.2 Å². The summed E-state index contributed by atoms with van der Waals surface area (Å²) in [4.78, 5) is 14.5. The van der Waals surface area contributed by atoms with Crippen LogP contribution in [-0.4, -0.2) is 55.4 Å². The van der Waals surface area contributed by atoms with Crippen LogP contribution in [0, 0.1) is 0 Å². The minimum Gasteiger partial charge on any atom is -0.486 e. The summed E-state index contributed by atoms with van der Waals surface area (Å²) < 4.78 is 16.8. The van der Waals surface area contributed by atoms with Crippen molar-refractivity contribution in [3.8, 4) is 11.5 Å². The van der Waals surface area contributed by atoms with Crippen LogP contribution in [0.4, 0.5) is 5.69 Å². The first kappa shape index (κ1) is 15.9. The topological polar surface area (TPSA) is 60.0 Å². The molecule has 3 atom stereocenters. The Hall–Kier alpha value is -1.95. The van der Waals surface area contributed by atoms with Crippen LogP contribution >= 0.6 is 0 Å². The molecule has 1 fully saturated rings. The molecule has 0 radical (unpaired) electrons. The molecular weight excluding hydrogens is 296 g/mol. The van der Waals surface area contributed by atoms with Crippen LogP contribution in [0.2, 0.25) is 0 Å². The maximum atomic E-state index is 12.6. The van der Waals surface area contributed by atoms with E-state index in [-0.39, 0.29) is 24.2 Å². The Bertz CT molecular complexity index is 568. The van der Waals surface area contributed by atoms with Crippen molar-refractivity contribution in [3.63, 3.8) is 0 Å². The number of rotatable bonds is 3. The number of fused-ring (bicyclic) bond motifs is 1. The van der Waals surface area contributed by atoms with Gasteiger partial charge in [-0.25, -0.2) is 0 Å². The van der Waals surface area contributed by atoms with Gasteiger partial charge in [0.25, 0.3) is 0 Å². The van der Waals surface area contributed by atoms with Gasteiger partial charge in [0.1, 0.15) is 19.3 Å². The van der Waals surface area contributed by atoms with Gasteiger partial charge in [0.15, 0.2) is 11.5 Å². The van der Waals surface area contributed by atoms with E-state index < -0.39 is 0 Å². The molecule has 3 rings (SSSR count). The highest BCUT2D eigenvalue weighted by Crippen LogP contribution is 2.32. The number of nitrogens with one attached hydrogen (secondary N) is 1. The van der Waals surface area contributed by atoms with Gasteiger partial charge in [0, 0.05) is 24.8 Å². The lowest BCUT2D eigenvalue weighted by atomic mass is 10.2. The Labute approximate surface area is 136 Å². The van der Waals surface area contributed by atoms with Crippen molar-refractivity contribution in [3.05, 3.63) is 18.2 Å². The normalized spacial score (nSPS) is 24.9. The van der Waals surface area contributed by atoms with Crippen LogP contribution in [0.3, 0.4) is 0 Å². The third-order valence-corrected chi connectivity index (χ3v) is 4.03. The quantitative estimate of drug-likeness (QED) is 0.922. The smallest absolute Gasteiger partial charge is 0.244 e. The molecule has 0 bridgehead atoms. The number of hydrogen-bond donors (Lipinski definition) is 1. The second kappa shape index (κ2) is 6.66. The Morgan fingerprint density at radius 3 is 2.52 bits per heavy atom. The molecule has 1 amide bonds. The fourth-order valence-electron chi connectivity index (χ4n) is 3.08. The summed E-state index contributed by atoms with van der Waals surface area (Å²) in [6, 6.07) is 5.34. The number of carbonyl (C=O) groups excluding carboxylic acids is 1. The Balaban J connectivity index is 1.64. The van der Waals surface area contributed by atoms with Gasteiger partial charge in [-0.3, -0.25) is 4.79 Å². The second-order valence-corrected chi connectivity index (χ2v) is 6.23. The van der Waals surface area contributed by atoms with E-state index in [2.05, 4.69) is 5.32 Å². The van der Waals surface area contributed by atoms with Crippen LogP contribution in [0.25, 0.3) is 0 Å². The van der Waals surface area contributed by atoms with Crippen LogP contribution in [-0.2, 0) is 9.53 Å². The lowest BCUT2D eigenvalue weighted by Gasteiger charge is -2.36. The molecule has 0 aliphatic carbocycles. The molecule has 0 spiro atoms. The molecule has 6 heteroatoms.